The molecule has 0 aliphatic heterocycles. The van der Waals surface area contributed by atoms with Crippen molar-refractivity contribution in [1.29, 1.82) is 0 Å². The molecule has 0 rings (SSSR count). The predicted molar refractivity (Wildman–Crippen MR) is 47.1 cm³/mol. The lowest BCUT2D eigenvalue weighted by molar-refractivity contribution is -0.140. The number of carbonyl (C=O) groups is 1. The Morgan fingerprint density at radius 2 is 2.08 bits per heavy atom. The molecule has 13 heavy (non-hydrogen) atoms. The minimum Gasteiger partial charge on any atom is -0.481 e. The fourth-order valence-corrected chi connectivity index (χ4v) is 0.628. The van der Waals surface area contributed by atoms with Gasteiger partial charge in [-0.25, -0.2) is 0 Å². The molecule has 78 valence electrons. The maximum absolute atomic E-state index is 10.1. The third-order valence-electron chi connectivity index (χ3n) is 1.11. The first-order chi connectivity index (χ1) is 5.81. The van der Waals surface area contributed by atoms with Gasteiger partial charge in [-0.05, 0) is 20.8 Å². The van der Waals surface area contributed by atoms with Crippen molar-refractivity contribution >= 4 is 5.97 Å². The molecule has 1 atom stereocenters. The highest BCUT2D eigenvalue weighted by molar-refractivity contribution is 5.67. The van der Waals surface area contributed by atoms with Gasteiger partial charge in [-0.2, -0.15) is 5.48 Å². The second-order valence-electron chi connectivity index (χ2n) is 3.81. The summed E-state index contributed by atoms with van der Waals surface area (Å²) in [5.74, 6) is -1.02. The zero-order chi connectivity index (χ0) is 10.5. The van der Waals surface area contributed by atoms with E-state index >= 15 is 0 Å². The molecule has 0 aliphatic carbocycles. The van der Waals surface area contributed by atoms with Crippen molar-refractivity contribution in [3.05, 3.63) is 0 Å². The van der Waals surface area contributed by atoms with Gasteiger partial charge in [0.25, 0.3) is 0 Å². The highest BCUT2D eigenvalue weighted by atomic mass is 16.7. The first-order valence-corrected chi connectivity index (χ1v) is 4.12. The van der Waals surface area contributed by atoms with Crippen molar-refractivity contribution in [3.63, 3.8) is 0 Å². The Morgan fingerprint density at radius 3 is 2.46 bits per heavy atom. The van der Waals surface area contributed by atoms with E-state index < -0.39 is 12.1 Å². The summed E-state index contributed by atoms with van der Waals surface area (Å²) in [7, 11) is 0. The molecule has 3 N–H and O–H groups in total. The fourth-order valence-electron chi connectivity index (χ4n) is 0.628. The Balaban J connectivity index is 3.48. The largest absolute Gasteiger partial charge is 0.481 e. The average molecular weight is 191 g/mol. The summed E-state index contributed by atoms with van der Waals surface area (Å²) in [6.45, 7) is 5.67. The van der Waals surface area contributed by atoms with Crippen molar-refractivity contribution in [2.75, 3.05) is 6.54 Å². The number of hydrogen-bond donors (Lipinski definition) is 3. The molecule has 0 bridgehead atoms. The van der Waals surface area contributed by atoms with Gasteiger partial charge in [0.1, 0.15) is 0 Å². The SMILES string of the molecule is CC(C)(C)ONCC(O)CC(=O)O. The van der Waals surface area contributed by atoms with Gasteiger partial charge in [-0.3, -0.25) is 9.63 Å². The molecule has 0 aromatic carbocycles. The molecular formula is C8H17NO4. The predicted octanol–water partition coefficient (Wildman–Crippen LogP) is 0.142. The quantitative estimate of drug-likeness (QED) is 0.539. The van der Waals surface area contributed by atoms with Crippen molar-refractivity contribution in [2.45, 2.75) is 38.9 Å². The van der Waals surface area contributed by atoms with Crippen LogP contribution in [0.3, 0.4) is 0 Å². The van der Waals surface area contributed by atoms with Gasteiger partial charge < -0.3 is 10.2 Å². The molecule has 0 spiro atoms. The second kappa shape index (κ2) is 5.16. The van der Waals surface area contributed by atoms with Crippen LogP contribution in [0.4, 0.5) is 0 Å². The molecule has 0 aromatic heterocycles. The van der Waals surface area contributed by atoms with Crippen LogP contribution in [0.25, 0.3) is 0 Å². The number of aliphatic hydroxyl groups excluding tert-OH is 1. The van der Waals surface area contributed by atoms with Gasteiger partial charge in [0.15, 0.2) is 0 Å². The van der Waals surface area contributed by atoms with Gasteiger partial charge in [0.05, 0.1) is 18.1 Å². The Hall–Kier alpha value is -0.650. The Labute approximate surface area is 77.7 Å². The lowest BCUT2D eigenvalue weighted by Crippen LogP contribution is -2.35. The molecule has 0 radical (unpaired) electrons. The summed E-state index contributed by atoms with van der Waals surface area (Å²) >= 11 is 0. The third-order valence-corrected chi connectivity index (χ3v) is 1.11. The Kier molecular flexibility index (Phi) is 4.90. The van der Waals surface area contributed by atoms with E-state index in [1.54, 1.807) is 0 Å². The average Bonchev–Trinajstić information content (AvgIpc) is 1.81. The van der Waals surface area contributed by atoms with E-state index in [9.17, 15) is 4.79 Å². The number of hydrogen-bond acceptors (Lipinski definition) is 4. The Bertz CT molecular complexity index is 164. The summed E-state index contributed by atoms with van der Waals surface area (Å²) in [6, 6.07) is 0. The van der Waals surface area contributed by atoms with E-state index in [0.717, 1.165) is 0 Å². The van der Waals surface area contributed by atoms with Gasteiger partial charge in [-0.1, -0.05) is 0 Å². The molecule has 1 unspecified atom stereocenters. The number of aliphatic carboxylic acids is 1. The number of carboxylic acid groups (broad SMARTS) is 1. The van der Waals surface area contributed by atoms with Gasteiger partial charge >= 0.3 is 5.97 Å². The number of aliphatic hydroxyl groups is 1. The van der Waals surface area contributed by atoms with Crippen LogP contribution in [0.2, 0.25) is 0 Å². The minimum absolute atomic E-state index is 0.115. The first-order valence-electron chi connectivity index (χ1n) is 4.12. The van der Waals surface area contributed by atoms with E-state index in [0.29, 0.717) is 0 Å². The maximum atomic E-state index is 10.1. The molecule has 0 amide bonds. The molecule has 5 nitrogen and oxygen atoms in total. The van der Waals surface area contributed by atoms with Crippen LogP contribution in [-0.4, -0.2) is 34.4 Å². The summed E-state index contributed by atoms with van der Waals surface area (Å²) in [6.07, 6.45) is -1.19. The summed E-state index contributed by atoms with van der Waals surface area (Å²) in [4.78, 5) is 15.2. The smallest absolute Gasteiger partial charge is 0.306 e. The van der Waals surface area contributed by atoms with E-state index in [-0.39, 0.29) is 18.6 Å². The van der Waals surface area contributed by atoms with Crippen molar-refractivity contribution in [2.24, 2.45) is 0 Å². The summed E-state index contributed by atoms with van der Waals surface area (Å²) in [5.41, 5.74) is 2.17. The van der Waals surface area contributed by atoms with E-state index in [1.165, 1.54) is 0 Å². The molecule has 0 aromatic rings. The van der Waals surface area contributed by atoms with Gasteiger partial charge in [0, 0.05) is 6.54 Å². The monoisotopic (exact) mass is 191 g/mol. The van der Waals surface area contributed by atoms with Crippen LogP contribution < -0.4 is 5.48 Å². The van der Waals surface area contributed by atoms with E-state index in [1.807, 2.05) is 20.8 Å². The van der Waals surface area contributed by atoms with Crippen LogP contribution in [0.1, 0.15) is 27.2 Å². The van der Waals surface area contributed by atoms with Gasteiger partial charge in [-0.15, -0.1) is 0 Å². The van der Waals surface area contributed by atoms with Crippen LogP contribution in [-0.2, 0) is 9.63 Å². The number of nitrogens with one attached hydrogen (secondary N) is 1. The fraction of sp³-hybridized carbons (Fsp3) is 0.875. The second-order valence-corrected chi connectivity index (χ2v) is 3.81. The normalized spacial score (nSPS) is 14.2. The lowest BCUT2D eigenvalue weighted by atomic mass is 10.2. The number of hydroxylamine groups is 1. The number of carboxylic acids is 1. The van der Waals surface area contributed by atoms with Gasteiger partial charge in [0.2, 0.25) is 0 Å². The van der Waals surface area contributed by atoms with Crippen molar-refractivity contribution in [3.8, 4) is 0 Å². The highest BCUT2D eigenvalue weighted by Gasteiger charge is 2.13. The molecular weight excluding hydrogens is 174 g/mol. The zero-order valence-electron chi connectivity index (χ0n) is 8.20. The first kappa shape index (κ1) is 12.3. The lowest BCUT2D eigenvalue weighted by Gasteiger charge is -2.20. The van der Waals surface area contributed by atoms with E-state index in [4.69, 9.17) is 15.1 Å². The van der Waals surface area contributed by atoms with Crippen molar-refractivity contribution in [1.82, 2.24) is 5.48 Å². The number of rotatable bonds is 5. The maximum Gasteiger partial charge on any atom is 0.306 e. The molecule has 0 fully saturated rings. The molecule has 0 saturated heterocycles. The minimum atomic E-state index is -1.02. The third kappa shape index (κ3) is 9.26. The molecule has 0 aliphatic rings. The van der Waals surface area contributed by atoms with Crippen LogP contribution in [0, 0.1) is 0 Å². The van der Waals surface area contributed by atoms with E-state index in [2.05, 4.69) is 5.48 Å². The van der Waals surface area contributed by atoms with Crippen molar-refractivity contribution < 1.29 is 19.8 Å². The van der Waals surface area contributed by atoms with Crippen LogP contribution in [0.15, 0.2) is 0 Å². The summed E-state index contributed by atoms with van der Waals surface area (Å²) in [5, 5.41) is 17.4. The highest BCUT2D eigenvalue weighted by Crippen LogP contribution is 2.03. The van der Waals surface area contributed by atoms with Crippen LogP contribution in [0.5, 0.6) is 0 Å². The standard InChI is InChI=1S/C8H17NO4/c1-8(2,3)13-9-5-6(10)4-7(11)12/h6,9-10H,4-5H2,1-3H3,(H,11,12). The van der Waals surface area contributed by atoms with Crippen LogP contribution >= 0.6 is 0 Å². The molecule has 5 heteroatoms. The molecule has 0 heterocycles. The zero-order valence-corrected chi connectivity index (χ0v) is 8.20. The Morgan fingerprint density at radius 1 is 1.54 bits per heavy atom. The topological polar surface area (TPSA) is 78.8 Å². The summed E-state index contributed by atoms with van der Waals surface area (Å²) < 4.78 is 0. The molecule has 0 saturated carbocycles.